The zero-order chi connectivity index (χ0) is 20.2. The molecule has 0 N–H and O–H groups in total. The molecule has 148 valence electrons. The molecule has 1 saturated heterocycles. The highest BCUT2D eigenvalue weighted by molar-refractivity contribution is 5.92. The normalized spacial score (nSPS) is 14.6. The standard InChI is InChI=1S/C23H25N5O/c1-18-21(19(2)28(25-18)20-8-4-3-5-9-20)11-12-23(29)27-16-14-26(15-17-27)22-10-6-7-13-24-22/h3-13H,14-17H2,1-2H3/b12-11+. The second-order valence-electron chi connectivity index (χ2n) is 7.17. The average Bonchev–Trinajstić information content (AvgIpc) is 3.07. The van der Waals surface area contributed by atoms with Crippen LogP contribution in [0.2, 0.25) is 0 Å². The number of benzene rings is 1. The molecule has 0 spiro atoms. The molecular formula is C23H25N5O. The molecule has 0 atom stereocenters. The molecule has 0 unspecified atom stereocenters. The number of carbonyl (C=O) groups excluding carboxylic acids is 1. The number of aromatic nitrogens is 3. The first-order chi connectivity index (χ1) is 14.1. The summed E-state index contributed by atoms with van der Waals surface area (Å²) in [4.78, 5) is 21.2. The van der Waals surface area contributed by atoms with Gasteiger partial charge in [-0.15, -0.1) is 0 Å². The maximum atomic E-state index is 12.7. The molecule has 0 radical (unpaired) electrons. The van der Waals surface area contributed by atoms with E-state index in [1.54, 1.807) is 12.3 Å². The maximum Gasteiger partial charge on any atom is 0.246 e. The summed E-state index contributed by atoms with van der Waals surface area (Å²) in [6, 6.07) is 15.9. The van der Waals surface area contributed by atoms with Crippen molar-refractivity contribution in [3.05, 3.63) is 77.8 Å². The summed E-state index contributed by atoms with van der Waals surface area (Å²) in [7, 11) is 0. The van der Waals surface area contributed by atoms with E-state index in [4.69, 9.17) is 0 Å². The van der Waals surface area contributed by atoms with Gasteiger partial charge in [-0.3, -0.25) is 4.79 Å². The van der Waals surface area contributed by atoms with Crippen molar-refractivity contribution in [3.63, 3.8) is 0 Å². The predicted molar refractivity (Wildman–Crippen MR) is 115 cm³/mol. The molecule has 0 bridgehead atoms. The van der Waals surface area contributed by atoms with E-state index >= 15 is 0 Å². The fraction of sp³-hybridized carbons (Fsp3) is 0.261. The van der Waals surface area contributed by atoms with Gasteiger partial charge in [-0.1, -0.05) is 24.3 Å². The number of amides is 1. The van der Waals surface area contributed by atoms with Crippen LogP contribution in [0.15, 0.2) is 60.8 Å². The summed E-state index contributed by atoms with van der Waals surface area (Å²) >= 11 is 0. The number of pyridine rings is 1. The number of nitrogens with zero attached hydrogens (tertiary/aromatic N) is 5. The fourth-order valence-corrected chi connectivity index (χ4v) is 3.67. The Labute approximate surface area is 171 Å². The highest BCUT2D eigenvalue weighted by atomic mass is 16.2. The summed E-state index contributed by atoms with van der Waals surface area (Å²) < 4.78 is 1.92. The molecule has 1 aliphatic heterocycles. The van der Waals surface area contributed by atoms with Crippen molar-refractivity contribution in [2.75, 3.05) is 31.1 Å². The average molecular weight is 387 g/mol. The summed E-state index contributed by atoms with van der Waals surface area (Å²) in [5.41, 5.74) is 3.95. The molecule has 6 nitrogen and oxygen atoms in total. The van der Waals surface area contributed by atoms with Crippen LogP contribution in [0.25, 0.3) is 11.8 Å². The van der Waals surface area contributed by atoms with Gasteiger partial charge < -0.3 is 9.80 Å². The number of hydrogen-bond acceptors (Lipinski definition) is 4. The molecule has 29 heavy (non-hydrogen) atoms. The van der Waals surface area contributed by atoms with Gasteiger partial charge in [0.05, 0.1) is 11.4 Å². The Morgan fingerprint density at radius 1 is 0.966 bits per heavy atom. The van der Waals surface area contributed by atoms with Crippen LogP contribution in [-0.4, -0.2) is 51.8 Å². The van der Waals surface area contributed by atoms with E-state index in [0.29, 0.717) is 13.1 Å². The number of carbonyl (C=O) groups is 1. The largest absolute Gasteiger partial charge is 0.353 e. The molecule has 0 saturated carbocycles. The molecule has 3 aromatic rings. The number of piperazine rings is 1. The zero-order valence-corrected chi connectivity index (χ0v) is 16.8. The maximum absolute atomic E-state index is 12.7. The van der Waals surface area contributed by atoms with Crippen LogP contribution < -0.4 is 4.90 Å². The van der Waals surface area contributed by atoms with Crippen LogP contribution in [0.4, 0.5) is 5.82 Å². The highest BCUT2D eigenvalue weighted by Gasteiger charge is 2.20. The Kier molecular flexibility index (Phi) is 5.42. The van der Waals surface area contributed by atoms with E-state index < -0.39 is 0 Å². The third-order valence-electron chi connectivity index (χ3n) is 5.31. The number of para-hydroxylation sites is 1. The number of anilines is 1. The van der Waals surface area contributed by atoms with Crippen LogP contribution >= 0.6 is 0 Å². The van der Waals surface area contributed by atoms with Crippen LogP contribution in [0.3, 0.4) is 0 Å². The van der Waals surface area contributed by atoms with Gasteiger partial charge in [0.1, 0.15) is 5.82 Å². The first-order valence-corrected chi connectivity index (χ1v) is 9.88. The lowest BCUT2D eigenvalue weighted by molar-refractivity contribution is -0.126. The highest BCUT2D eigenvalue weighted by Crippen LogP contribution is 2.19. The van der Waals surface area contributed by atoms with E-state index in [0.717, 1.165) is 41.5 Å². The first-order valence-electron chi connectivity index (χ1n) is 9.88. The van der Waals surface area contributed by atoms with Gasteiger partial charge in [-0.05, 0) is 44.2 Å². The molecule has 1 aromatic carbocycles. The third-order valence-corrected chi connectivity index (χ3v) is 5.31. The summed E-state index contributed by atoms with van der Waals surface area (Å²) in [6.45, 7) is 6.98. The van der Waals surface area contributed by atoms with Gasteiger partial charge in [0.25, 0.3) is 0 Å². The molecule has 3 heterocycles. The van der Waals surface area contributed by atoms with E-state index in [-0.39, 0.29) is 5.91 Å². The van der Waals surface area contributed by atoms with Crippen LogP contribution in [0, 0.1) is 13.8 Å². The minimum absolute atomic E-state index is 0.0388. The molecule has 1 fully saturated rings. The molecule has 0 aliphatic carbocycles. The number of rotatable bonds is 4. The van der Waals surface area contributed by atoms with E-state index in [1.807, 2.05) is 78.0 Å². The van der Waals surface area contributed by atoms with Crippen molar-refractivity contribution >= 4 is 17.8 Å². The van der Waals surface area contributed by atoms with Crippen molar-refractivity contribution in [3.8, 4) is 5.69 Å². The van der Waals surface area contributed by atoms with Crippen LogP contribution in [0.1, 0.15) is 17.0 Å². The topological polar surface area (TPSA) is 54.3 Å². The Bertz CT molecular complexity index is 1000. The lowest BCUT2D eigenvalue weighted by atomic mass is 10.1. The Hall–Kier alpha value is -3.41. The SMILES string of the molecule is Cc1nn(-c2ccccc2)c(C)c1/C=C/C(=O)N1CCN(c2ccccn2)CC1. The third kappa shape index (κ3) is 4.06. The minimum Gasteiger partial charge on any atom is -0.353 e. The fourth-order valence-electron chi connectivity index (χ4n) is 3.67. The van der Waals surface area contributed by atoms with Crippen molar-refractivity contribution in [2.45, 2.75) is 13.8 Å². The Morgan fingerprint density at radius 3 is 2.38 bits per heavy atom. The van der Waals surface area contributed by atoms with E-state index in [2.05, 4.69) is 15.0 Å². The van der Waals surface area contributed by atoms with Crippen LogP contribution in [0.5, 0.6) is 0 Å². The predicted octanol–water partition coefficient (Wildman–Crippen LogP) is 3.25. The van der Waals surface area contributed by atoms with Crippen molar-refractivity contribution in [1.82, 2.24) is 19.7 Å². The van der Waals surface area contributed by atoms with Gasteiger partial charge in [0, 0.05) is 49.7 Å². The second kappa shape index (κ2) is 8.31. The van der Waals surface area contributed by atoms with Gasteiger partial charge in [0.15, 0.2) is 0 Å². The second-order valence-corrected chi connectivity index (χ2v) is 7.17. The molecule has 4 rings (SSSR count). The minimum atomic E-state index is 0.0388. The van der Waals surface area contributed by atoms with Crippen LogP contribution in [-0.2, 0) is 4.79 Å². The van der Waals surface area contributed by atoms with Gasteiger partial charge in [-0.25, -0.2) is 9.67 Å². The molecular weight excluding hydrogens is 362 g/mol. The van der Waals surface area contributed by atoms with E-state index in [1.165, 1.54) is 0 Å². The van der Waals surface area contributed by atoms with Crippen molar-refractivity contribution in [2.24, 2.45) is 0 Å². The number of aryl methyl sites for hydroxylation is 1. The van der Waals surface area contributed by atoms with E-state index in [9.17, 15) is 4.79 Å². The van der Waals surface area contributed by atoms with Crippen molar-refractivity contribution in [1.29, 1.82) is 0 Å². The lowest BCUT2D eigenvalue weighted by Gasteiger charge is -2.34. The molecule has 2 aromatic heterocycles. The van der Waals surface area contributed by atoms with Crippen molar-refractivity contribution < 1.29 is 4.79 Å². The quantitative estimate of drug-likeness (QED) is 0.645. The van der Waals surface area contributed by atoms with Gasteiger partial charge in [0.2, 0.25) is 5.91 Å². The Morgan fingerprint density at radius 2 is 1.69 bits per heavy atom. The molecule has 1 aliphatic rings. The summed E-state index contributed by atoms with van der Waals surface area (Å²) in [5, 5.41) is 4.64. The number of hydrogen-bond donors (Lipinski definition) is 0. The van der Waals surface area contributed by atoms with Gasteiger partial charge in [-0.2, -0.15) is 5.10 Å². The van der Waals surface area contributed by atoms with Gasteiger partial charge >= 0.3 is 0 Å². The zero-order valence-electron chi connectivity index (χ0n) is 16.8. The molecule has 1 amide bonds. The summed E-state index contributed by atoms with van der Waals surface area (Å²) in [5.74, 6) is 1.01. The lowest BCUT2D eigenvalue weighted by Crippen LogP contribution is -2.48. The monoisotopic (exact) mass is 387 g/mol. The smallest absolute Gasteiger partial charge is 0.246 e. The molecule has 6 heteroatoms. The summed E-state index contributed by atoms with van der Waals surface area (Å²) in [6.07, 6.45) is 5.36. The Balaban J connectivity index is 1.42. The first kappa shape index (κ1) is 18.9.